The zero-order chi connectivity index (χ0) is 23.8. The monoisotopic (exact) mass is 479 g/mol. The molecule has 1 fully saturated rings. The summed E-state index contributed by atoms with van der Waals surface area (Å²) in [6.07, 6.45) is 4.05. The molecule has 1 aliphatic rings. The molecule has 1 unspecified atom stereocenters. The maximum atomic E-state index is 13.2. The third kappa shape index (κ3) is 6.07. The molecular formula is C26H29N3O4S. The maximum absolute atomic E-state index is 13.2. The lowest BCUT2D eigenvalue weighted by Crippen LogP contribution is -2.37. The van der Waals surface area contributed by atoms with Crippen LogP contribution in [0.2, 0.25) is 0 Å². The average Bonchev–Trinajstić information content (AvgIpc) is 3.53. The number of benzene rings is 2. The summed E-state index contributed by atoms with van der Waals surface area (Å²) in [4.78, 5) is 31.5. The molecule has 1 aromatic heterocycles. The Morgan fingerprint density at radius 2 is 1.88 bits per heavy atom. The van der Waals surface area contributed by atoms with Crippen molar-refractivity contribution in [1.29, 1.82) is 0 Å². The Balaban J connectivity index is 1.53. The second-order valence-electron chi connectivity index (χ2n) is 7.95. The predicted molar refractivity (Wildman–Crippen MR) is 133 cm³/mol. The summed E-state index contributed by atoms with van der Waals surface area (Å²) in [6, 6.07) is 19.3. The van der Waals surface area contributed by atoms with Crippen molar-refractivity contribution in [1.82, 2.24) is 9.55 Å². The molecule has 0 radical (unpaired) electrons. The first-order valence-electron chi connectivity index (χ1n) is 11.5. The standard InChI is InChI=1S/C26H29N3O4S/c1-2-32-25(31)18-28(21-12-7-4-8-13-21)24(30)19-34-26-27-16-23(20-10-5-3-6-11-20)29(26)17-22-14-9-15-33-22/h3-8,10-13,16,22H,2,9,14-15,17-19H2,1H3. The average molecular weight is 480 g/mol. The fourth-order valence-corrected chi connectivity index (χ4v) is 4.82. The molecule has 1 amide bonds. The second kappa shape index (κ2) is 11.9. The number of rotatable bonds is 10. The van der Waals surface area contributed by atoms with Gasteiger partial charge < -0.3 is 18.9 Å². The molecular weight excluding hydrogens is 450 g/mol. The first-order chi connectivity index (χ1) is 16.7. The van der Waals surface area contributed by atoms with Crippen molar-refractivity contribution in [2.45, 2.75) is 37.6 Å². The van der Waals surface area contributed by atoms with E-state index in [-0.39, 0.29) is 30.9 Å². The molecule has 4 rings (SSSR count). The fourth-order valence-electron chi connectivity index (χ4n) is 3.95. The van der Waals surface area contributed by atoms with Gasteiger partial charge in [0, 0.05) is 12.3 Å². The molecule has 1 saturated heterocycles. The summed E-state index contributed by atoms with van der Waals surface area (Å²) >= 11 is 1.37. The SMILES string of the molecule is CCOC(=O)CN(C(=O)CSc1ncc(-c2ccccc2)n1CC1CCCO1)c1ccccc1. The number of carbonyl (C=O) groups is 2. The lowest BCUT2D eigenvalue weighted by Gasteiger charge is -2.22. The van der Waals surface area contributed by atoms with Crippen LogP contribution in [0.25, 0.3) is 11.3 Å². The number of para-hydroxylation sites is 1. The Morgan fingerprint density at radius 3 is 2.56 bits per heavy atom. The summed E-state index contributed by atoms with van der Waals surface area (Å²) < 4.78 is 13.1. The van der Waals surface area contributed by atoms with E-state index in [1.165, 1.54) is 16.7 Å². The van der Waals surface area contributed by atoms with Gasteiger partial charge in [0.2, 0.25) is 5.91 Å². The van der Waals surface area contributed by atoms with Crippen LogP contribution >= 0.6 is 11.8 Å². The van der Waals surface area contributed by atoms with Crippen LogP contribution in [0.15, 0.2) is 72.0 Å². The molecule has 7 nitrogen and oxygen atoms in total. The molecule has 34 heavy (non-hydrogen) atoms. The van der Waals surface area contributed by atoms with Crippen molar-refractivity contribution in [2.75, 3.05) is 30.4 Å². The van der Waals surface area contributed by atoms with E-state index < -0.39 is 5.97 Å². The van der Waals surface area contributed by atoms with Crippen molar-refractivity contribution in [3.8, 4) is 11.3 Å². The maximum Gasteiger partial charge on any atom is 0.326 e. The predicted octanol–water partition coefficient (Wildman–Crippen LogP) is 4.42. The van der Waals surface area contributed by atoms with Crippen LogP contribution in [0.4, 0.5) is 5.69 Å². The molecule has 2 heterocycles. The van der Waals surface area contributed by atoms with Gasteiger partial charge in [-0.3, -0.25) is 9.59 Å². The number of thioether (sulfide) groups is 1. The second-order valence-corrected chi connectivity index (χ2v) is 8.89. The first-order valence-corrected chi connectivity index (χ1v) is 12.5. The molecule has 0 N–H and O–H groups in total. The van der Waals surface area contributed by atoms with Gasteiger partial charge in [-0.1, -0.05) is 60.3 Å². The Bertz CT molecular complexity index is 1080. The zero-order valence-corrected chi connectivity index (χ0v) is 20.1. The number of nitrogens with zero attached hydrogens (tertiary/aromatic N) is 3. The van der Waals surface area contributed by atoms with E-state index in [0.29, 0.717) is 12.2 Å². The molecule has 1 atom stereocenters. The third-order valence-corrected chi connectivity index (χ3v) is 6.56. The Morgan fingerprint density at radius 1 is 1.15 bits per heavy atom. The number of aromatic nitrogens is 2. The Hall–Kier alpha value is -3.10. The van der Waals surface area contributed by atoms with Crippen molar-refractivity contribution in [3.63, 3.8) is 0 Å². The summed E-state index contributed by atoms with van der Waals surface area (Å²) in [7, 11) is 0. The smallest absolute Gasteiger partial charge is 0.326 e. The number of hydrogen-bond acceptors (Lipinski definition) is 6. The number of carbonyl (C=O) groups excluding carboxylic acids is 2. The van der Waals surface area contributed by atoms with Crippen LogP contribution in [0.3, 0.4) is 0 Å². The molecule has 2 aromatic carbocycles. The summed E-state index contributed by atoms with van der Waals surface area (Å²) in [5.41, 5.74) is 2.73. The number of amides is 1. The molecule has 1 aliphatic heterocycles. The number of esters is 1. The summed E-state index contributed by atoms with van der Waals surface area (Å²) in [5, 5.41) is 0.756. The van der Waals surface area contributed by atoms with E-state index >= 15 is 0 Å². The lowest BCUT2D eigenvalue weighted by atomic mass is 10.1. The van der Waals surface area contributed by atoms with Crippen molar-refractivity contribution in [2.24, 2.45) is 0 Å². The van der Waals surface area contributed by atoms with Gasteiger partial charge >= 0.3 is 5.97 Å². The largest absolute Gasteiger partial charge is 0.465 e. The van der Waals surface area contributed by atoms with Gasteiger partial charge in [0.1, 0.15) is 6.54 Å². The number of ether oxygens (including phenoxy) is 2. The Kier molecular flexibility index (Phi) is 8.38. The highest BCUT2D eigenvalue weighted by molar-refractivity contribution is 7.99. The normalized spacial score (nSPS) is 15.3. The van der Waals surface area contributed by atoms with Crippen LogP contribution in [0.5, 0.6) is 0 Å². The fraction of sp³-hybridized carbons (Fsp3) is 0.346. The van der Waals surface area contributed by atoms with Gasteiger partial charge in [0.25, 0.3) is 0 Å². The van der Waals surface area contributed by atoms with Crippen LogP contribution in [0.1, 0.15) is 19.8 Å². The highest BCUT2D eigenvalue weighted by Crippen LogP contribution is 2.29. The van der Waals surface area contributed by atoms with Gasteiger partial charge in [0.15, 0.2) is 5.16 Å². The van der Waals surface area contributed by atoms with Crippen molar-refractivity contribution in [3.05, 3.63) is 66.9 Å². The van der Waals surface area contributed by atoms with E-state index in [1.54, 1.807) is 6.92 Å². The minimum absolute atomic E-state index is 0.128. The number of hydrogen-bond donors (Lipinski definition) is 0. The number of anilines is 1. The zero-order valence-electron chi connectivity index (χ0n) is 19.3. The van der Waals surface area contributed by atoms with Crippen molar-refractivity contribution < 1.29 is 19.1 Å². The van der Waals surface area contributed by atoms with E-state index in [4.69, 9.17) is 9.47 Å². The Labute approximate surface area is 204 Å². The molecule has 0 saturated carbocycles. The van der Waals surface area contributed by atoms with E-state index in [1.807, 2.05) is 54.7 Å². The minimum Gasteiger partial charge on any atom is -0.465 e. The van der Waals surface area contributed by atoms with Crippen LogP contribution < -0.4 is 4.90 Å². The van der Waals surface area contributed by atoms with Crippen LogP contribution in [-0.2, 0) is 25.6 Å². The van der Waals surface area contributed by atoms with Crippen molar-refractivity contribution >= 4 is 29.3 Å². The molecule has 0 bridgehead atoms. The van der Waals surface area contributed by atoms with Gasteiger partial charge in [-0.05, 0) is 37.5 Å². The minimum atomic E-state index is -0.434. The molecule has 178 valence electrons. The summed E-state index contributed by atoms with van der Waals surface area (Å²) in [6.45, 7) is 3.36. The third-order valence-electron chi connectivity index (χ3n) is 5.58. The van der Waals surface area contributed by atoms with E-state index in [2.05, 4.69) is 21.7 Å². The summed E-state index contributed by atoms with van der Waals surface area (Å²) in [5.74, 6) is -0.474. The van der Waals surface area contributed by atoms with Gasteiger partial charge in [-0.15, -0.1) is 0 Å². The topological polar surface area (TPSA) is 73.7 Å². The van der Waals surface area contributed by atoms with E-state index in [9.17, 15) is 9.59 Å². The van der Waals surface area contributed by atoms with Crippen LogP contribution in [0, 0.1) is 0 Å². The van der Waals surface area contributed by atoms with Gasteiger partial charge in [-0.25, -0.2) is 4.98 Å². The highest BCUT2D eigenvalue weighted by Gasteiger charge is 2.23. The van der Waals surface area contributed by atoms with E-state index in [0.717, 1.165) is 35.9 Å². The van der Waals surface area contributed by atoms with Gasteiger partial charge in [-0.2, -0.15) is 0 Å². The molecule has 8 heteroatoms. The number of imidazole rings is 1. The highest BCUT2D eigenvalue weighted by atomic mass is 32.2. The molecule has 0 aliphatic carbocycles. The molecule has 0 spiro atoms. The van der Waals surface area contributed by atoms with Gasteiger partial charge in [0.05, 0.1) is 36.9 Å². The molecule has 3 aromatic rings. The quantitative estimate of drug-likeness (QED) is 0.317. The lowest BCUT2D eigenvalue weighted by molar-refractivity contribution is -0.142. The first kappa shape index (κ1) is 24.0. The van der Waals surface area contributed by atoms with Crippen LogP contribution in [-0.4, -0.2) is 53.0 Å².